The summed E-state index contributed by atoms with van der Waals surface area (Å²) in [7, 11) is 0. The maximum atomic E-state index is 11.7. The largest absolute Gasteiger partial charge is 0.356 e. The molecule has 0 aliphatic heterocycles. The van der Waals surface area contributed by atoms with E-state index in [0.717, 1.165) is 12.0 Å². The second-order valence-electron chi connectivity index (χ2n) is 4.52. The van der Waals surface area contributed by atoms with Crippen LogP contribution >= 0.6 is 0 Å². The molecule has 0 fully saturated rings. The highest BCUT2D eigenvalue weighted by molar-refractivity contribution is 5.85. The molecule has 0 aromatic heterocycles. The lowest BCUT2D eigenvalue weighted by Gasteiger charge is -2.05. The summed E-state index contributed by atoms with van der Waals surface area (Å²) in [4.78, 5) is 11.7. The van der Waals surface area contributed by atoms with Gasteiger partial charge in [-0.25, -0.2) is 0 Å². The van der Waals surface area contributed by atoms with Crippen LogP contribution in [0, 0.1) is 12.3 Å². The van der Waals surface area contributed by atoms with Gasteiger partial charge in [-0.2, -0.15) is 0 Å². The summed E-state index contributed by atoms with van der Waals surface area (Å²) >= 11 is 0. The fraction of sp³-hybridized carbons (Fsp3) is 0.235. The van der Waals surface area contributed by atoms with Gasteiger partial charge in [0.1, 0.15) is 0 Å². The molecule has 0 unspecified atom stereocenters. The summed E-state index contributed by atoms with van der Waals surface area (Å²) in [5.74, 6) is 2.61. The van der Waals surface area contributed by atoms with E-state index in [0.29, 0.717) is 19.4 Å². The van der Waals surface area contributed by atoms with Gasteiger partial charge < -0.3 is 5.32 Å². The van der Waals surface area contributed by atoms with E-state index >= 15 is 0 Å². The molecule has 2 aromatic carbocycles. The van der Waals surface area contributed by atoms with E-state index in [1.54, 1.807) is 0 Å². The molecule has 1 amide bonds. The van der Waals surface area contributed by atoms with Crippen LogP contribution in [0.2, 0.25) is 0 Å². The average Bonchev–Trinajstić information content (AvgIpc) is 2.43. The molecule has 1 N–H and O–H groups in total. The number of amides is 1. The third-order valence-corrected chi connectivity index (χ3v) is 3.00. The van der Waals surface area contributed by atoms with E-state index in [4.69, 9.17) is 6.42 Å². The van der Waals surface area contributed by atoms with Crippen LogP contribution in [0.4, 0.5) is 0 Å². The van der Waals surface area contributed by atoms with Crippen molar-refractivity contribution in [1.82, 2.24) is 5.32 Å². The first kappa shape index (κ1) is 13.2. The third kappa shape index (κ3) is 3.86. The summed E-state index contributed by atoms with van der Waals surface area (Å²) in [6.07, 6.45) is 7.11. The van der Waals surface area contributed by atoms with Crippen molar-refractivity contribution in [3.63, 3.8) is 0 Å². The van der Waals surface area contributed by atoms with E-state index < -0.39 is 0 Å². The first-order valence-corrected chi connectivity index (χ1v) is 6.47. The quantitative estimate of drug-likeness (QED) is 0.642. The van der Waals surface area contributed by atoms with Gasteiger partial charge in [-0.1, -0.05) is 42.5 Å². The van der Waals surface area contributed by atoms with Crippen LogP contribution in [0.3, 0.4) is 0 Å². The Balaban J connectivity index is 1.94. The molecule has 2 aromatic rings. The molecule has 0 bridgehead atoms. The zero-order valence-corrected chi connectivity index (χ0v) is 10.9. The Hall–Kier alpha value is -2.27. The molecule has 0 heterocycles. The Morgan fingerprint density at radius 3 is 2.74 bits per heavy atom. The third-order valence-electron chi connectivity index (χ3n) is 3.00. The predicted molar refractivity (Wildman–Crippen MR) is 78.7 cm³/mol. The molecule has 19 heavy (non-hydrogen) atoms. The van der Waals surface area contributed by atoms with Crippen molar-refractivity contribution in [1.29, 1.82) is 0 Å². The van der Waals surface area contributed by atoms with Crippen LogP contribution < -0.4 is 5.32 Å². The molecule has 96 valence electrons. The maximum Gasteiger partial charge on any atom is 0.224 e. The van der Waals surface area contributed by atoms with Crippen LogP contribution in [0.25, 0.3) is 10.8 Å². The molecule has 0 radical (unpaired) electrons. The monoisotopic (exact) mass is 251 g/mol. The van der Waals surface area contributed by atoms with E-state index in [2.05, 4.69) is 35.5 Å². The number of fused-ring (bicyclic) bond motifs is 1. The lowest BCUT2D eigenvalue weighted by molar-refractivity contribution is -0.120. The normalized spacial score (nSPS) is 10.1. The highest BCUT2D eigenvalue weighted by Gasteiger charge is 2.03. The molecular weight excluding hydrogens is 234 g/mol. The van der Waals surface area contributed by atoms with Gasteiger partial charge in [-0.3, -0.25) is 4.79 Å². The van der Waals surface area contributed by atoms with Gasteiger partial charge in [0.15, 0.2) is 0 Å². The molecule has 0 saturated heterocycles. The zero-order chi connectivity index (χ0) is 13.5. The molecule has 2 rings (SSSR count). The number of rotatable bonds is 5. The average molecular weight is 251 g/mol. The molecule has 2 nitrogen and oxygen atoms in total. The van der Waals surface area contributed by atoms with Gasteiger partial charge in [0.05, 0.1) is 6.42 Å². The van der Waals surface area contributed by atoms with Gasteiger partial charge in [-0.05, 0) is 22.8 Å². The highest BCUT2D eigenvalue weighted by atomic mass is 16.1. The first-order chi connectivity index (χ1) is 9.29. The van der Waals surface area contributed by atoms with Crippen LogP contribution in [-0.4, -0.2) is 12.5 Å². The second-order valence-corrected chi connectivity index (χ2v) is 4.52. The summed E-state index contributed by atoms with van der Waals surface area (Å²) in [5.41, 5.74) is 1.04. The SMILES string of the molecule is C#CCCCNC(=O)Cc1ccc2ccccc2c1. The molecule has 0 saturated carbocycles. The Labute approximate surface area is 113 Å². The van der Waals surface area contributed by atoms with E-state index in [9.17, 15) is 4.79 Å². The maximum absolute atomic E-state index is 11.7. The minimum atomic E-state index is 0.0484. The van der Waals surface area contributed by atoms with Gasteiger partial charge in [0.25, 0.3) is 0 Å². The Bertz CT molecular complexity index is 610. The van der Waals surface area contributed by atoms with Crippen molar-refractivity contribution in [2.75, 3.05) is 6.54 Å². The number of benzene rings is 2. The van der Waals surface area contributed by atoms with Crippen molar-refractivity contribution in [3.05, 3.63) is 48.0 Å². The van der Waals surface area contributed by atoms with Crippen molar-refractivity contribution in [3.8, 4) is 12.3 Å². The van der Waals surface area contributed by atoms with Crippen molar-refractivity contribution >= 4 is 16.7 Å². The number of hydrogen-bond donors (Lipinski definition) is 1. The van der Waals surface area contributed by atoms with Crippen LogP contribution in [0.5, 0.6) is 0 Å². The summed E-state index contributed by atoms with van der Waals surface area (Å²) in [6, 6.07) is 14.3. The predicted octanol–water partition coefficient (Wildman–Crippen LogP) is 2.91. The first-order valence-electron chi connectivity index (χ1n) is 6.47. The summed E-state index contributed by atoms with van der Waals surface area (Å²) in [5, 5.41) is 5.24. The van der Waals surface area contributed by atoms with Crippen molar-refractivity contribution in [2.24, 2.45) is 0 Å². The Morgan fingerprint density at radius 1 is 1.16 bits per heavy atom. The van der Waals surface area contributed by atoms with E-state index in [-0.39, 0.29) is 5.91 Å². The molecule has 0 aliphatic rings. The van der Waals surface area contributed by atoms with E-state index in [1.165, 1.54) is 10.8 Å². The van der Waals surface area contributed by atoms with Gasteiger partial charge >= 0.3 is 0 Å². The lowest BCUT2D eigenvalue weighted by atomic mass is 10.0. The standard InChI is InChI=1S/C17H17NO/c1-2-3-6-11-18-17(19)13-14-9-10-15-7-4-5-8-16(15)12-14/h1,4-5,7-10,12H,3,6,11,13H2,(H,18,19). The lowest BCUT2D eigenvalue weighted by Crippen LogP contribution is -2.25. The van der Waals surface area contributed by atoms with Gasteiger partial charge in [0, 0.05) is 13.0 Å². The molecule has 2 heteroatoms. The number of terminal acetylenes is 1. The molecular formula is C17H17NO. The zero-order valence-electron chi connectivity index (χ0n) is 10.9. The minimum absolute atomic E-state index is 0.0484. The Kier molecular flexibility index (Phi) is 4.58. The highest BCUT2D eigenvalue weighted by Crippen LogP contribution is 2.15. The number of carbonyl (C=O) groups excluding carboxylic acids is 1. The molecule has 0 aliphatic carbocycles. The smallest absolute Gasteiger partial charge is 0.224 e. The fourth-order valence-corrected chi connectivity index (χ4v) is 2.01. The van der Waals surface area contributed by atoms with Crippen molar-refractivity contribution < 1.29 is 4.79 Å². The second kappa shape index (κ2) is 6.61. The van der Waals surface area contributed by atoms with Crippen LogP contribution in [0.1, 0.15) is 18.4 Å². The number of nitrogens with one attached hydrogen (secondary N) is 1. The van der Waals surface area contributed by atoms with Gasteiger partial charge in [-0.15, -0.1) is 12.3 Å². The summed E-state index contributed by atoms with van der Waals surface area (Å²) in [6.45, 7) is 0.649. The van der Waals surface area contributed by atoms with Crippen LogP contribution in [0.15, 0.2) is 42.5 Å². The number of carbonyl (C=O) groups is 1. The number of unbranched alkanes of at least 4 members (excludes halogenated alkanes) is 1. The fourth-order valence-electron chi connectivity index (χ4n) is 2.01. The molecule has 0 atom stereocenters. The van der Waals surface area contributed by atoms with Gasteiger partial charge in [0.2, 0.25) is 5.91 Å². The van der Waals surface area contributed by atoms with E-state index in [1.807, 2.05) is 18.2 Å². The topological polar surface area (TPSA) is 29.1 Å². The Morgan fingerprint density at radius 2 is 1.95 bits per heavy atom. The number of hydrogen-bond acceptors (Lipinski definition) is 1. The van der Waals surface area contributed by atoms with Crippen LogP contribution in [-0.2, 0) is 11.2 Å². The van der Waals surface area contributed by atoms with Crippen molar-refractivity contribution in [2.45, 2.75) is 19.3 Å². The minimum Gasteiger partial charge on any atom is -0.356 e. The summed E-state index contributed by atoms with van der Waals surface area (Å²) < 4.78 is 0. The molecule has 0 spiro atoms.